The Bertz CT molecular complexity index is 1030. The Morgan fingerprint density at radius 3 is 2.83 bits per heavy atom. The van der Waals surface area contributed by atoms with Gasteiger partial charge in [-0.1, -0.05) is 15.9 Å². The van der Waals surface area contributed by atoms with E-state index in [-0.39, 0.29) is 17.7 Å². The van der Waals surface area contributed by atoms with Crippen molar-refractivity contribution in [1.82, 2.24) is 10.2 Å². The molecule has 29 heavy (non-hydrogen) atoms. The smallest absolute Gasteiger partial charge is 0.410 e. The number of hydrogen-bond donors (Lipinski definition) is 3. The molecular formula is C18H16Br3N3O4S. The second-order valence-electron chi connectivity index (χ2n) is 6.55. The minimum atomic E-state index is -0.529. The molecule has 11 heteroatoms. The minimum absolute atomic E-state index is 0.0561. The number of aromatic hydroxyl groups is 1. The molecule has 1 unspecified atom stereocenters. The molecule has 0 bridgehead atoms. The lowest BCUT2D eigenvalue weighted by atomic mass is 10.0. The SMILES string of the molecule is CCOC(=O)N1CCc2c(sc3c2C(=O)NC(c2c(Br)cc(Br)c(O)c2Br)N3)C1. The van der Waals surface area contributed by atoms with Crippen LogP contribution in [-0.4, -0.2) is 35.2 Å². The van der Waals surface area contributed by atoms with E-state index in [4.69, 9.17) is 4.74 Å². The van der Waals surface area contributed by atoms with Gasteiger partial charge in [0.15, 0.2) is 0 Å². The van der Waals surface area contributed by atoms with Crippen LogP contribution >= 0.6 is 59.1 Å². The normalized spacial score (nSPS) is 17.9. The summed E-state index contributed by atoms with van der Waals surface area (Å²) in [6.07, 6.45) is -0.260. The van der Waals surface area contributed by atoms with Gasteiger partial charge in [-0.2, -0.15) is 0 Å². The third-order valence-electron chi connectivity index (χ3n) is 4.83. The molecule has 0 saturated carbocycles. The number of nitrogens with one attached hydrogen (secondary N) is 2. The van der Waals surface area contributed by atoms with Gasteiger partial charge in [0.05, 0.1) is 27.7 Å². The van der Waals surface area contributed by atoms with Crippen LogP contribution in [0.2, 0.25) is 0 Å². The molecule has 0 spiro atoms. The standard InChI is InChI=1S/C18H16Br3N3O4S/c1-2-28-18(27)24-4-3-7-10(6-24)29-17-11(7)16(26)22-15(23-17)12-8(19)5-9(20)14(25)13(12)21/h5,15,23,25H,2-4,6H2,1H3,(H,22,26). The molecule has 0 aliphatic carbocycles. The van der Waals surface area contributed by atoms with E-state index >= 15 is 0 Å². The molecule has 1 aromatic carbocycles. The maximum Gasteiger partial charge on any atom is 0.410 e. The number of amides is 2. The van der Waals surface area contributed by atoms with Gasteiger partial charge >= 0.3 is 6.09 Å². The summed E-state index contributed by atoms with van der Waals surface area (Å²) in [5.41, 5.74) is 2.30. The monoisotopic (exact) mass is 607 g/mol. The van der Waals surface area contributed by atoms with Gasteiger partial charge in [0.25, 0.3) is 5.91 Å². The van der Waals surface area contributed by atoms with Crippen molar-refractivity contribution in [3.05, 3.63) is 41.1 Å². The van der Waals surface area contributed by atoms with Crippen molar-refractivity contribution < 1.29 is 19.4 Å². The van der Waals surface area contributed by atoms with E-state index in [0.717, 1.165) is 19.9 Å². The highest BCUT2D eigenvalue weighted by molar-refractivity contribution is 9.11. The summed E-state index contributed by atoms with van der Waals surface area (Å²) in [5.74, 6) is -0.118. The highest BCUT2D eigenvalue weighted by Crippen LogP contribution is 2.46. The van der Waals surface area contributed by atoms with Gasteiger partial charge in [0, 0.05) is 21.5 Å². The fourth-order valence-electron chi connectivity index (χ4n) is 3.49. The first kappa shape index (κ1) is 21.0. The van der Waals surface area contributed by atoms with Crippen LogP contribution in [-0.2, 0) is 17.7 Å². The van der Waals surface area contributed by atoms with E-state index < -0.39 is 6.17 Å². The molecule has 7 nitrogen and oxygen atoms in total. The van der Waals surface area contributed by atoms with Crippen LogP contribution in [0.4, 0.5) is 9.80 Å². The van der Waals surface area contributed by atoms with Crippen LogP contribution in [0.1, 0.15) is 39.5 Å². The van der Waals surface area contributed by atoms with Crippen LogP contribution in [0, 0.1) is 0 Å². The average Bonchev–Trinajstić information content (AvgIpc) is 3.04. The summed E-state index contributed by atoms with van der Waals surface area (Å²) in [6, 6.07) is 1.73. The number of carbonyl (C=O) groups is 2. The molecule has 1 atom stereocenters. The van der Waals surface area contributed by atoms with E-state index in [2.05, 4.69) is 58.4 Å². The highest BCUT2D eigenvalue weighted by Gasteiger charge is 2.36. The van der Waals surface area contributed by atoms with Gasteiger partial charge in [-0.25, -0.2) is 4.79 Å². The predicted molar refractivity (Wildman–Crippen MR) is 120 cm³/mol. The van der Waals surface area contributed by atoms with Crippen LogP contribution in [0.15, 0.2) is 19.5 Å². The van der Waals surface area contributed by atoms with Crippen molar-refractivity contribution in [3.63, 3.8) is 0 Å². The molecule has 2 aliphatic rings. The average molecular weight is 610 g/mol. The Kier molecular flexibility index (Phi) is 5.84. The number of hydrogen-bond acceptors (Lipinski definition) is 6. The van der Waals surface area contributed by atoms with Gasteiger partial charge in [-0.3, -0.25) is 4.79 Å². The topological polar surface area (TPSA) is 90.9 Å². The Labute approximate surface area is 196 Å². The zero-order valence-corrected chi connectivity index (χ0v) is 20.7. The lowest BCUT2D eigenvalue weighted by Crippen LogP contribution is -2.40. The first-order valence-electron chi connectivity index (χ1n) is 8.81. The first-order valence-corrected chi connectivity index (χ1v) is 12.0. The van der Waals surface area contributed by atoms with Crippen LogP contribution in [0.3, 0.4) is 0 Å². The molecule has 1 aromatic heterocycles. The lowest BCUT2D eigenvalue weighted by molar-refractivity contribution is 0.0934. The largest absolute Gasteiger partial charge is 0.506 e. The predicted octanol–water partition coefficient (Wildman–Crippen LogP) is 5.11. The number of halogens is 3. The number of anilines is 1. The number of phenols is 1. The van der Waals surface area contributed by atoms with E-state index in [1.54, 1.807) is 17.9 Å². The maximum absolute atomic E-state index is 12.9. The molecule has 2 aromatic rings. The van der Waals surface area contributed by atoms with Gasteiger partial charge in [0.1, 0.15) is 16.9 Å². The van der Waals surface area contributed by atoms with Crippen molar-refractivity contribution >= 4 is 76.1 Å². The number of thiophene rings is 1. The molecule has 154 valence electrons. The van der Waals surface area contributed by atoms with E-state index in [1.165, 1.54) is 11.3 Å². The molecule has 0 fully saturated rings. The number of nitrogens with zero attached hydrogens (tertiary/aromatic N) is 1. The zero-order valence-electron chi connectivity index (χ0n) is 15.1. The van der Waals surface area contributed by atoms with Crippen molar-refractivity contribution in [2.45, 2.75) is 26.1 Å². The molecule has 3 N–H and O–H groups in total. The second-order valence-corrected chi connectivity index (χ2v) is 10.2. The number of rotatable bonds is 2. The van der Waals surface area contributed by atoms with Crippen molar-refractivity contribution in [3.8, 4) is 5.75 Å². The molecule has 4 rings (SSSR count). The Balaban J connectivity index is 1.66. The number of phenolic OH excluding ortho intramolecular Hbond substituents is 1. The van der Waals surface area contributed by atoms with E-state index in [1.807, 2.05) is 0 Å². The summed E-state index contributed by atoms with van der Waals surface area (Å²) < 4.78 is 6.84. The van der Waals surface area contributed by atoms with E-state index in [0.29, 0.717) is 46.2 Å². The Morgan fingerprint density at radius 1 is 1.34 bits per heavy atom. The second kappa shape index (κ2) is 8.09. The fraction of sp³-hybridized carbons (Fsp3) is 0.333. The van der Waals surface area contributed by atoms with Crippen molar-refractivity contribution in [1.29, 1.82) is 0 Å². The first-order chi connectivity index (χ1) is 13.8. The van der Waals surface area contributed by atoms with Gasteiger partial charge in [0.2, 0.25) is 0 Å². The van der Waals surface area contributed by atoms with Gasteiger partial charge < -0.3 is 25.4 Å². The third-order valence-corrected chi connectivity index (χ3v) is 8.04. The van der Waals surface area contributed by atoms with Crippen LogP contribution in [0.25, 0.3) is 0 Å². The quantitative estimate of drug-likeness (QED) is 0.440. The summed E-state index contributed by atoms with van der Waals surface area (Å²) in [5, 5.41) is 17.4. The van der Waals surface area contributed by atoms with Crippen LogP contribution < -0.4 is 10.6 Å². The summed E-state index contributed by atoms with van der Waals surface area (Å²) in [6.45, 7) is 3.06. The number of ether oxygens (including phenoxy) is 1. The van der Waals surface area contributed by atoms with Crippen molar-refractivity contribution in [2.24, 2.45) is 0 Å². The summed E-state index contributed by atoms with van der Waals surface area (Å²) >= 11 is 11.7. The summed E-state index contributed by atoms with van der Waals surface area (Å²) in [7, 11) is 0. The molecule has 0 saturated heterocycles. The van der Waals surface area contributed by atoms with Gasteiger partial charge in [-0.05, 0) is 56.8 Å². The third kappa shape index (κ3) is 3.66. The maximum atomic E-state index is 12.9. The zero-order chi connectivity index (χ0) is 20.9. The Morgan fingerprint density at radius 2 is 2.10 bits per heavy atom. The number of benzene rings is 1. The molecule has 2 aliphatic heterocycles. The molecule has 3 heterocycles. The number of fused-ring (bicyclic) bond motifs is 3. The van der Waals surface area contributed by atoms with Crippen LogP contribution in [0.5, 0.6) is 5.75 Å². The lowest BCUT2D eigenvalue weighted by Gasteiger charge is -2.29. The van der Waals surface area contributed by atoms with E-state index in [9.17, 15) is 14.7 Å². The minimum Gasteiger partial charge on any atom is -0.506 e. The highest BCUT2D eigenvalue weighted by atomic mass is 79.9. The molecule has 0 radical (unpaired) electrons. The molecule has 2 amide bonds. The van der Waals surface area contributed by atoms with Gasteiger partial charge in [-0.15, -0.1) is 11.3 Å². The Hall–Kier alpha value is -1.30. The number of carbonyl (C=O) groups excluding carboxylic acids is 2. The summed E-state index contributed by atoms with van der Waals surface area (Å²) in [4.78, 5) is 27.6. The molecular weight excluding hydrogens is 594 g/mol. The van der Waals surface area contributed by atoms with Crippen molar-refractivity contribution in [2.75, 3.05) is 18.5 Å². The fourth-order valence-corrected chi connectivity index (χ4v) is 7.36.